The highest BCUT2D eigenvalue weighted by Crippen LogP contribution is 2.45. The number of likely N-dealkylation sites (tertiary alicyclic amines) is 1. The van der Waals surface area contributed by atoms with Crippen LogP contribution in [0.4, 0.5) is 0 Å². The first-order valence-electron chi connectivity index (χ1n) is 12.0. The van der Waals surface area contributed by atoms with Crippen molar-refractivity contribution in [2.24, 2.45) is 5.41 Å². The minimum Gasteiger partial charge on any atom is -0.361 e. The first kappa shape index (κ1) is 20.7. The van der Waals surface area contributed by atoms with E-state index in [4.69, 9.17) is 0 Å². The predicted octanol–water partition coefficient (Wildman–Crippen LogP) is 4.62. The van der Waals surface area contributed by atoms with E-state index < -0.39 is 0 Å². The normalized spacial score (nSPS) is 26.1. The van der Waals surface area contributed by atoms with Gasteiger partial charge in [-0.3, -0.25) is 14.5 Å². The van der Waals surface area contributed by atoms with Crippen LogP contribution in [0.15, 0.2) is 24.4 Å². The number of aromatic amines is 1. The molecule has 5 nitrogen and oxygen atoms in total. The number of nitrogens with one attached hydrogen (secondary N) is 1. The standard InChI is InChI=1S/C26H35N3O2/c1-28(2)20-13-19(14-20)22-17-27-23-7-6-18(12-21(22)23)8-11-29-24(30)15-26(16-25(29)31)9-4-3-5-10-26/h6-7,12,17,19-20,27H,3-5,8-11,13-16H2,1-2H3. The van der Waals surface area contributed by atoms with Crippen molar-refractivity contribution in [2.45, 2.75) is 76.2 Å². The maximum atomic E-state index is 12.8. The SMILES string of the molecule is CN(C)C1CC(c2c[nH]c3ccc(CCN4C(=O)CC5(CCCCC5)CC4=O)cc23)C1. The highest BCUT2D eigenvalue weighted by Gasteiger charge is 2.43. The van der Waals surface area contributed by atoms with Crippen LogP contribution in [0.1, 0.15) is 74.8 Å². The van der Waals surface area contributed by atoms with Gasteiger partial charge < -0.3 is 9.88 Å². The van der Waals surface area contributed by atoms with E-state index in [0.29, 0.717) is 31.3 Å². The van der Waals surface area contributed by atoms with Gasteiger partial charge in [0, 0.05) is 42.5 Å². The van der Waals surface area contributed by atoms with Crippen LogP contribution in [0.2, 0.25) is 0 Å². The summed E-state index contributed by atoms with van der Waals surface area (Å²) in [5.74, 6) is 0.713. The number of rotatable bonds is 5. The van der Waals surface area contributed by atoms with E-state index in [0.717, 1.165) is 32.1 Å². The van der Waals surface area contributed by atoms with Gasteiger partial charge in [-0.05, 0) is 80.8 Å². The Hall–Kier alpha value is -2.14. The second kappa shape index (κ2) is 8.09. The zero-order chi connectivity index (χ0) is 21.6. The Bertz CT molecular complexity index is 960. The summed E-state index contributed by atoms with van der Waals surface area (Å²) >= 11 is 0. The van der Waals surface area contributed by atoms with E-state index in [1.165, 1.54) is 46.2 Å². The summed E-state index contributed by atoms with van der Waals surface area (Å²) in [6.45, 7) is 0.505. The fraction of sp³-hybridized carbons (Fsp3) is 0.615. The van der Waals surface area contributed by atoms with E-state index in [2.05, 4.69) is 48.4 Å². The fourth-order valence-electron chi connectivity index (χ4n) is 6.13. The molecule has 0 atom stereocenters. The Morgan fingerprint density at radius 3 is 2.45 bits per heavy atom. The third-order valence-electron chi connectivity index (χ3n) is 8.25. The van der Waals surface area contributed by atoms with Crippen molar-refractivity contribution >= 4 is 22.7 Å². The Morgan fingerprint density at radius 1 is 1.06 bits per heavy atom. The minimum atomic E-state index is -0.0327. The molecule has 2 aliphatic carbocycles. The molecule has 2 heterocycles. The van der Waals surface area contributed by atoms with Crippen LogP contribution < -0.4 is 0 Å². The van der Waals surface area contributed by atoms with Gasteiger partial charge in [0.25, 0.3) is 0 Å². The molecule has 3 aliphatic rings. The minimum absolute atomic E-state index is 0.0327. The van der Waals surface area contributed by atoms with Gasteiger partial charge in [-0.2, -0.15) is 0 Å². The first-order valence-corrected chi connectivity index (χ1v) is 12.0. The molecule has 1 aliphatic heterocycles. The molecule has 1 N–H and O–H groups in total. The second-order valence-corrected chi connectivity index (χ2v) is 10.5. The van der Waals surface area contributed by atoms with Crippen molar-refractivity contribution in [3.63, 3.8) is 0 Å². The van der Waals surface area contributed by atoms with Gasteiger partial charge in [0.15, 0.2) is 0 Å². The van der Waals surface area contributed by atoms with Gasteiger partial charge in [0.2, 0.25) is 11.8 Å². The van der Waals surface area contributed by atoms with Crippen molar-refractivity contribution in [2.75, 3.05) is 20.6 Å². The molecular weight excluding hydrogens is 386 g/mol. The number of benzene rings is 1. The molecule has 31 heavy (non-hydrogen) atoms. The zero-order valence-corrected chi connectivity index (χ0v) is 19.0. The average molecular weight is 422 g/mol. The molecule has 0 bridgehead atoms. The Kier molecular flexibility index (Phi) is 5.41. The van der Waals surface area contributed by atoms with Crippen LogP contribution in [0.25, 0.3) is 10.9 Å². The number of fused-ring (bicyclic) bond motifs is 1. The lowest BCUT2D eigenvalue weighted by molar-refractivity contribution is -0.154. The predicted molar refractivity (Wildman–Crippen MR) is 123 cm³/mol. The summed E-state index contributed by atoms with van der Waals surface area (Å²) in [5.41, 5.74) is 3.76. The lowest BCUT2D eigenvalue weighted by Gasteiger charge is -2.42. The fourth-order valence-corrected chi connectivity index (χ4v) is 6.13. The van der Waals surface area contributed by atoms with Gasteiger partial charge in [0.05, 0.1) is 0 Å². The van der Waals surface area contributed by atoms with E-state index in [9.17, 15) is 9.59 Å². The molecule has 1 saturated heterocycles. The molecule has 5 rings (SSSR count). The van der Waals surface area contributed by atoms with Crippen LogP contribution in [0.5, 0.6) is 0 Å². The van der Waals surface area contributed by atoms with Crippen molar-refractivity contribution < 1.29 is 9.59 Å². The number of imide groups is 1. The molecule has 3 fully saturated rings. The topological polar surface area (TPSA) is 56.4 Å². The highest BCUT2D eigenvalue weighted by molar-refractivity contribution is 5.98. The first-order chi connectivity index (χ1) is 14.9. The van der Waals surface area contributed by atoms with Crippen molar-refractivity contribution in [1.29, 1.82) is 0 Å². The van der Waals surface area contributed by atoms with Crippen LogP contribution in [-0.4, -0.2) is 53.3 Å². The van der Waals surface area contributed by atoms with E-state index >= 15 is 0 Å². The monoisotopic (exact) mass is 421 g/mol. The molecule has 1 spiro atoms. The van der Waals surface area contributed by atoms with Gasteiger partial charge in [-0.25, -0.2) is 0 Å². The van der Waals surface area contributed by atoms with Crippen LogP contribution in [0.3, 0.4) is 0 Å². The van der Waals surface area contributed by atoms with Crippen LogP contribution >= 0.6 is 0 Å². The molecule has 1 aromatic heterocycles. The second-order valence-electron chi connectivity index (χ2n) is 10.5. The molecule has 1 aromatic carbocycles. The average Bonchev–Trinajstić information content (AvgIpc) is 3.09. The van der Waals surface area contributed by atoms with Crippen molar-refractivity contribution in [1.82, 2.24) is 14.8 Å². The van der Waals surface area contributed by atoms with Crippen LogP contribution in [-0.2, 0) is 16.0 Å². The number of carbonyl (C=O) groups excluding carboxylic acids is 2. The number of carbonyl (C=O) groups is 2. The third-order valence-corrected chi connectivity index (χ3v) is 8.25. The Labute approximate surface area is 185 Å². The van der Waals surface area contributed by atoms with Crippen molar-refractivity contribution in [3.8, 4) is 0 Å². The van der Waals surface area contributed by atoms with Gasteiger partial charge in [0.1, 0.15) is 0 Å². The molecule has 5 heteroatoms. The van der Waals surface area contributed by atoms with E-state index in [-0.39, 0.29) is 17.2 Å². The Morgan fingerprint density at radius 2 is 1.77 bits per heavy atom. The quantitative estimate of drug-likeness (QED) is 0.717. The lowest BCUT2D eigenvalue weighted by atomic mass is 9.67. The molecular formula is C26H35N3O2. The number of hydrogen-bond donors (Lipinski definition) is 1. The molecule has 2 amide bonds. The Balaban J connectivity index is 1.25. The summed E-state index contributed by atoms with van der Waals surface area (Å²) < 4.78 is 0. The summed E-state index contributed by atoms with van der Waals surface area (Å²) in [5, 5.41) is 1.30. The van der Waals surface area contributed by atoms with Gasteiger partial charge >= 0.3 is 0 Å². The lowest BCUT2D eigenvalue weighted by Crippen LogP contribution is -2.49. The molecule has 166 valence electrons. The smallest absolute Gasteiger partial charge is 0.229 e. The largest absolute Gasteiger partial charge is 0.361 e. The van der Waals surface area contributed by atoms with Gasteiger partial charge in [-0.1, -0.05) is 25.3 Å². The summed E-state index contributed by atoms with van der Waals surface area (Å²) in [6.07, 6.45) is 12.1. The maximum absolute atomic E-state index is 12.8. The van der Waals surface area contributed by atoms with Crippen LogP contribution in [0, 0.1) is 5.41 Å². The summed E-state index contributed by atoms with van der Waals surface area (Å²) in [4.78, 5) is 33.0. The molecule has 0 radical (unpaired) electrons. The highest BCUT2D eigenvalue weighted by atomic mass is 16.2. The maximum Gasteiger partial charge on any atom is 0.229 e. The number of aromatic nitrogens is 1. The summed E-state index contributed by atoms with van der Waals surface area (Å²) in [6, 6.07) is 7.23. The number of H-pyrrole nitrogens is 1. The molecule has 0 unspecified atom stereocenters. The number of piperidine rings is 1. The third kappa shape index (κ3) is 3.93. The molecule has 2 saturated carbocycles. The van der Waals surface area contributed by atoms with E-state index in [1.54, 1.807) is 0 Å². The van der Waals surface area contributed by atoms with E-state index in [1.807, 2.05) is 0 Å². The van der Waals surface area contributed by atoms with Crippen molar-refractivity contribution in [3.05, 3.63) is 35.5 Å². The molecule has 2 aromatic rings. The van der Waals surface area contributed by atoms with Gasteiger partial charge in [-0.15, -0.1) is 0 Å². The number of amides is 2. The summed E-state index contributed by atoms with van der Waals surface area (Å²) in [7, 11) is 4.32. The number of hydrogen-bond acceptors (Lipinski definition) is 3. The number of nitrogens with zero attached hydrogens (tertiary/aromatic N) is 2. The zero-order valence-electron chi connectivity index (χ0n) is 19.0.